The monoisotopic (exact) mass is 413 g/mol. The molecule has 2 aromatic rings. The fourth-order valence-electron chi connectivity index (χ4n) is 2.55. The number of likely N-dealkylation sites (N-methyl/N-ethyl adjacent to an activating group) is 1. The maximum atomic E-state index is 12.2. The molecule has 0 radical (unpaired) electrons. The van der Waals surface area contributed by atoms with E-state index in [4.69, 9.17) is 17.0 Å². The van der Waals surface area contributed by atoms with Crippen molar-refractivity contribution in [2.45, 2.75) is 12.4 Å². The Kier molecular flexibility index (Phi) is 7.47. The minimum absolute atomic E-state index is 0.0393. The van der Waals surface area contributed by atoms with Crippen LogP contribution >= 0.6 is 12.2 Å². The van der Waals surface area contributed by atoms with E-state index in [1.54, 1.807) is 7.11 Å². The van der Waals surface area contributed by atoms with Crippen LogP contribution in [-0.4, -0.2) is 44.1 Å². The van der Waals surface area contributed by atoms with E-state index in [0.29, 0.717) is 17.3 Å². The lowest BCUT2D eigenvalue weighted by molar-refractivity contribution is -0.274. The summed E-state index contributed by atoms with van der Waals surface area (Å²) in [6, 6.07) is 13.2. The lowest BCUT2D eigenvalue weighted by atomic mass is 10.1. The minimum atomic E-state index is -4.72. The molecule has 5 nitrogen and oxygen atoms in total. The standard InChI is InChI=1S/C19H22F3N3O2S/c1-25(2)17(13-5-4-6-16(11-13)26-3)12-23-18(28)24-14-7-9-15(10-8-14)27-19(20,21)22/h4-11,17H,12H2,1-3H3,(H2,23,24,28)/t17-/m0/s1. The number of nitrogens with zero attached hydrogens (tertiary/aromatic N) is 1. The zero-order valence-corrected chi connectivity index (χ0v) is 16.5. The number of ether oxygens (including phenoxy) is 2. The van der Waals surface area contributed by atoms with Crippen LogP contribution in [0.15, 0.2) is 48.5 Å². The van der Waals surface area contributed by atoms with E-state index in [1.807, 2.05) is 43.3 Å². The molecule has 0 heterocycles. The average molecular weight is 413 g/mol. The molecule has 0 saturated heterocycles. The molecule has 152 valence electrons. The fourth-order valence-corrected chi connectivity index (χ4v) is 2.75. The molecule has 28 heavy (non-hydrogen) atoms. The Balaban J connectivity index is 1.94. The van der Waals surface area contributed by atoms with Crippen molar-refractivity contribution in [3.8, 4) is 11.5 Å². The zero-order chi connectivity index (χ0) is 20.7. The molecule has 0 saturated carbocycles. The summed E-state index contributed by atoms with van der Waals surface area (Å²) in [6.45, 7) is 0.529. The van der Waals surface area contributed by atoms with Crippen molar-refractivity contribution in [2.24, 2.45) is 0 Å². The van der Waals surface area contributed by atoms with Gasteiger partial charge in [-0.3, -0.25) is 0 Å². The summed E-state index contributed by atoms with van der Waals surface area (Å²) in [4.78, 5) is 2.05. The number of alkyl halides is 3. The predicted octanol–water partition coefficient (Wildman–Crippen LogP) is 4.18. The summed E-state index contributed by atoms with van der Waals surface area (Å²) in [5, 5.41) is 6.43. The van der Waals surface area contributed by atoms with Crippen LogP contribution in [0.1, 0.15) is 11.6 Å². The number of hydrogen-bond acceptors (Lipinski definition) is 4. The van der Waals surface area contributed by atoms with E-state index in [0.717, 1.165) is 11.3 Å². The molecule has 0 bridgehead atoms. The summed E-state index contributed by atoms with van der Waals surface area (Å²) < 4.78 is 45.7. The van der Waals surface area contributed by atoms with Gasteiger partial charge in [0.1, 0.15) is 11.5 Å². The highest BCUT2D eigenvalue weighted by Crippen LogP contribution is 2.24. The molecule has 0 aliphatic rings. The molecule has 0 unspecified atom stereocenters. The minimum Gasteiger partial charge on any atom is -0.497 e. The Labute approximate surface area is 167 Å². The highest BCUT2D eigenvalue weighted by Gasteiger charge is 2.30. The van der Waals surface area contributed by atoms with E-state index >= 15 is 0 Å². The Morgan fingerprint density at radius 2 is 1.79 bits per heavy atom. The number of rotatable bonds is 7. The Morgan fingerprint density at radius 1 is 1.11 bits per heavy atom. The molecule has 0 aliphatic carbocycles. The van der Waals surface area contributed by atoms with Gasteiger partial charge in [0.2, 0.25) is 0 Å². The fraction of sp³-hybridized carbons (Fsp3) is 0.316. The molecule has 0 fully saturated rings. The first-order chi connectivity index (χ1) is 13.2. The van der Waals surface area contributed by atoms with Crippen LogP contribution in [0.4, 0.5) is 18.9 Å². The molecule has 9 heteroatoms. The van der Waals surface area contributed by atoms with E-state index in [2.05, 4.69) is 15.4 Å². The quantitative estimate of drug-likeness (QED) is 0.664. The molecular weight excluding hydrogens is 391 g/mol. The van der Waals surface area contributed by atoms with Crippen molar-refractivity contribution < 1.29 is 22.6 Å². The summed E-state index contributed by atoms with van der Waals surface area (Å²) in [6.07, 6.45) is -4.72. The van der Waals surface area contributed by atoms with Crippen LogP contribution in [0.5, 0.6) is 11.5 Å². The van der Waals surface area contributed by atoms with Crippen LogP contribution in [0, 0.1) is 0 Å². The second kappa shape index (κ2) is 9.61. The first-order valence-corrected chi connectivity index (χ1v) is 8.80. The van der Waals surface area contributed by atoms with Gasteiger partial charge in [0.25, 0.3) is 0 Å². The SMILES string of the molecule is COc1cccc([C@H](CNC(=S)Nc2ccc(OC(F)(F)F)cc2)N(C)C)c1. The predicted molar refractivity (Wildman–Crippen MR) is 107 cm³/mol. The maximum absolute atomic E-state index is 12.2. The van der Waals surface area contributed by atoms with Gasteiger partial charge in [0, 0.05) is 12.2 Å². The van der Waals surface area contributed by atoms with Crippen molar-refractivity contribution >= 4 is 23.0 Å². The first kappa shape index (κ1) is 21.8. The molecule has 1 atom stereocenters. The maximum Gasteiger partial charge on any atom is 0.573 e. The van der Waals surface area contributed by atoms with Gasteiger partial charge in [-0.15, -0.1) is 13.2 Å². The molecule has 2 N–H and O–H groups in total. The number of methoxy groups -OCH3 is 1. The van der Waals surface area contributed by atoms with Gasteiger partial charge in [0.05, 0.1) is 13.2 Å². The van der Waals surface area contributed by atoms with Gasteiger partial charge in [-0.05, 0) is 68.3 Å². The third-order valence-electron chi connectivity index (χ3n) is 3.90. The van der Waals surface area contributed by atoms with Crippen LogP contribution in [0.25, 0.3) is 0 Å². The molecule has 2 rings (SSSR count). The summed E-state index contributed by atoms with van der Waals surface area (Å²) in [5.41, 5.74) is 1.61. The zero-order valence-electron chi connectivity index (χ0n) is 15.7. The highest BCUT2D eigenvalue weighted by atomic mass is 32.1. The smallest absolute Gasteiger partial charge is 0.497 e. The lowest BCUT2D eigenvalue weighted by Crippen LogP contribution is -2.36. The Morgan fingerprint density at radius 3 is 2.36 bits per heavy atom. The third kappa shape index (κ3) is 6.90. The normalized spacial score (nSPS) is 12.4. The van der Waals surface area contributed by atoms with E-state index in [-0.39, 0.29) is 11.8 Å². The number of benzene rings is 2. The molecule has 2 aromatic carbocycles. The molecule has 0 aliphatic heterocycles. The second-order valence-electron chi connectivity index (χ2n) is 6.16. The van der Waals surface area contributed by atoms with Gasteiger partial charge in [-0.25, -0.2) is 0 Å². The molecule has 0 amide bonds. The van der Waals surface area contributed by atoms with Crippen LogP contribution in [-0.2, 0) is 0 Å². The van der Waals surface area contributed by atoms with Crippen molar-refractivity contribution in [1.82, 2.24) is 10.2 Å². The number of anilines is 1. The van der Waals surface area contributed by atoms with Crippen LogP contribution in [0.3, 0.4) is 0 Å². The van der Waals surface area contributed by atoms with Crippen LogP contribution in [0.2, 0.25) is 0 Å². The summed E-state index contributed by atoms with van der Waals surface area (Å²) in [5.74, 6) is 0.480. The van der Waals surface area contributed by atoms with Crippen LogP contribution < -0.4 is 20.1 Å². The molecule has 0 spiro atoms. The van der Waals surface area contributed by atoms with Crippen molar-refractivity contribution in [1.29, 1.82) is 0 Å². The van der Waals surface area contributed by atoms with Crippen molar-refractivity contribution in [3.63, 3.8) is 0 Å². The second-order valence-corrected chi connectivity index (χ2v) is 6.57. The van der Waals surface area contributed by atoms with Gasteiger partial charge < -0.3 is 25.0 Å². The van der Waals surface area contributed by atoms with E-state index < -0.39 is 6.36 Å². The number of thiocarbonyl (C=S) groups is 1. The number of nitrogens with one attached hydrogen (secondary N) is 2. The molecular formula is C19H22F3N3O2S. The molecule has 0 aromatic heterocycles. The topological polar surface area (TPSA) is 45.8 Å². The van der Waals surface area contributed by atoms with Crippen molar-refractivity contribution in [2.75, 3.05) is 33.1 Å². The summed E-state index contributed by atoms with van der Waals surface area (Å²) in [7, 11) is 5.54. The van der Waals surface area contributed by atoms with Crippen molar-refractivity contribution in [3.05, 3.63) is 54.1 Å². The number of hydrogen-bond donors (Lipinski definition) is 2. The average Bonchev–Trinajstić information content (AvgIpc) is 2.62. The van der Waals surface area contributed by atoms with Gasteiger partial charge in [-0.1, -0.05) is 12.1 Å². The Bertz CT molecular complexity index is 783. The largest absolute Gasteiger partial charge is 0.573 e. The Hall–Kier alpha value is -2.52. The lowest BCUT2D eigenvalue weighted by Gasteiger charge is -2.26. The van der Waals surface area contributed by atoms with Gasteiger partial charge >= 0.3 is 6.36 Å². The third-order valence-corrected chi connectivity index (χ3v) is 4.15. The van der Waals surface area contributed by atoms with E-state index in [1.165, 1.54) is 24.3 Å². The number of halogens is 3. The van der Waals surface area contributed by atoms with E-state index in [9.17, 15) is 13.2 Å². The van der Waals surface area contributed by atoms with Gasteiger partial charge in [0.15, 0.2) is 5.11 Å². The summed E-state index contributed by atoms with van der Waals surface area (Å²) >= 11 is 5.28. The highest BCUT2D eigenvalue weighted by molar-refractivity contribution is 7.80. The van der Waals surface area contributed by atoms with Gasteiger partial charge in [-0.2, -0.15) is 0 Å². The first-order valence-electron chi connectivity index (χ1n) is 8.39.